The second kappa shape index (κ2) is 4.41. The van der Waals surface area contributed by atoms with Crippen LogP contribution in [0.5, 0.6) is 0 Å². The van der Waals surface area contributed by atoms with Crippen LogP contribution < -0.4 is 0 Å². The van der Waals surface area contributed by atoms with E-state index in [0.29, 0.717) is 5.56 Å². The highest BCUT2D eigenvalue weighted by Crippen LogP contribution is 2.21. The van der Waals surface area contributed by atoms with Crippen molar-refractivity contribution in [2.75, 3.05) is 0 Å². The van der Waals surface area contributed by atoms with Gasteiger partial charge in [0.25, 0.3) is 0 Å². The van der Waals surface area contributed by atoms with E-state index in [2.05, 4.69) is 4.98 Å². The average molecular weight is 222 g/mol. The number of pyridine rings is 1. The van der Waals surface area contributed by atoms with E-state index in [1.165, 1.54) is 6.07 Å². The van der Waals surface area contributed by atoms with E-state index in [1.807, 2.05) is 12.1 Å². The maximum Gasteiger partial charge on any atom is 0.127 e. The van der Waals surface area contributed by atoms with Crippen LogP contribution in [0.1, 0.15) is 5.56 Å². The summed E-state index contributed by atoms with van der Waals surface area (Å²) in [5.74, 6) is -0.0856. The van der Waals surface area contributed by atoms with E-state index in [9.17, 15) is 4.39 Å². The molecule has 3 heteroatoms. The van der Waals surface area contributed by atoms with Crippen molar-refractivity contribution < 1.29 is 4.39 Å². The second-order valence-electron chi connectivity index (χ2n) is 3.18. The van der Waals surface area contributed by atoms with Gasteiger partial charge < -0.3 is 0 Å². The molecule has 0 radical (unpaired) electrons. The molecule has 0 spiro atoms. The fourth-order valence-electron chi connectivity index (χ4n) is 1.39. The van der Waals surface area contributed by atoms with E-state index >= 15 is 0 Å². The molecule has 1 heterocycles. The largest absolute Gasteiger partial charge is 0.264 e. The van der Waals surface area contributed by atoms with Gasteiger partial charge in [-0.05, 0) is 23.8 Å². The van der Waals surface area contributed by atoms with Crippen molar-refractivity contribution in [2.45, 2.75) is 5.88 Å². The molecule has 0 aliphatic heterocycles. The van der Waals surface area contributed by atoms with Gasteiger partial charge in [0.05, 0.1) is 5.88 Å². The lowest BCUT2D eigenvalue weighted by Crippen LogP contribution is -1.87. The SMILES string of the molecule is Fc1ccc(-c2cccnc2)cc1CCl. The summed E-state index contributed by atoms with van der Waals surface area (Å²) >= 11 is 5.64. The lowest BCUT2D eigenvalue weighted by Gasteiger charge is -2.03. The van der Waals surface area contributed by atoms with Crippen molar-refractivity contribution in [3.63, 3.8) is 0 Å². The van der Waals surface area contributed by atoms with Gasteiger partial charge in [-0.1, -0.05) is 12.1 Å². The number of halogens is 2. The lowest BCUT2D eigenvalue weighted by atomic mass is 10.1. The molecule has 0 fully saturated rings. The minimum Gasteiger partial charge on any atom is -0.264 e. The number of hydrogen-bond acceptors (Lipinski definition) is 1. The topological polar surface area (TPSA) is 12.9 Å². The Labute approximate surface area is 92.5 Å². The minimum absolute atomic E-state index is 0.180. The first-order chi connectivity index (χ1) is 7.31. The molecular weight excluding hydrogens is 213 g/mol. The predicted molar refractivity (Wildman–Crippen MR) is 59.2 cm³/mol. The van der Waals surface area contributed by atoms with Crippen LogP contribution in [0.3, 0.4) is 0 Å². The quantitative estimate of drug-likeness (QED) is 0.706. The molecule has 1 nitrogen and oxygen atoms in total. The minimum atomic E-state index is -0.266. The van der Waals surface area contributed by atoms with Crippen molar-refractivity contribution in [3.05, 3.63) is 54.1 Å². The van der Waals surface area contributed by atoms with Gasteiger partial charge in [0, 0.05) is 23.5 Å². The van der Waals surface area contributed by atoms with Crippen molar-refractivity contribution >= 4 is 11.6 Å². The summed E-state index contributed by atoms with van der Waals surface area (Å²) in [7, 11) is 0. The van der Waals surface area contributed by atoms with Gasteiger partial charge in [0.2, 0.25) is 0 Å². The fraction of sp³-hybridized carbons (Fsp3) is 0.0833. The van der Waals surface area contributed by atoms with Crippen LogP contribution in [0.15, 0.2) is 42.7 Å². The Balaban J connectivity index is 2.46. The summed E-state index contributed by atoms with van der Waals surface area (Å²) in [5.41, 5.74) is 2.40. The Bertz CT molecular complexity index is 456. The summed E-state index contributed by atoms with van der Waals surface area (Å²) in [5, 5.41) is 0. The maximum absolute atomic E-state index is 13.2. The molecule has 2 rings (SSSR count). The highest BCUT2D eigenvalue weighted by atomic mass is 35.5. The molecule has 0 saturated heterocycles. The summed E-state index contributed by atoms with van der Waals surface area (Å²) in [6.07, 6.45) is 3.45. The first-order valence-electron chi connectivity index (χ1n) is 4.56. The van der Waals surface area contributed by atoms with Crippen molar-refractivity contribution in [3.8, 4) is 11.1 Å². The van der Waals surface area contributed by atoms with E-state index < -0.39 is 0 Å². The molecule has 0 saturated carbocycles. The highest BCUT2D eigenvalue weighted by Gasteiger charge is 2.03. The average Bonchev–Trinajstić information content (AvgIpc) is 2.31. The molecular formula is C12H9ClFN. The number of aromatic nitrogens is 1. The summed E-state index contributed by atoms with van der Waals surface area (Å²) < 4.78 is 13.2. The molecule has 2 aromatic rings. The molecule has 0 N–H and O–H groups in total. The Morgan fingerprint density at radius 3 is 2.73 bits per heavy atom. The van der Waals surface area contributed by atoms with Crippen LogP contribution in [0.25, 0.3) is 11.1 Å². The van der Waals surface area contributed by atoms with E-state index in [4.69, 9.17) is 11.6 Å². The monoisotopic (exact) mass is 221 g/mol. The van der Waals surface area contributed by atoms with Gasteiger partial charge >= 0.3 is 0 Å². The number of alkyl halides is 1. The van der Waals surface area contributed by atoms with Gasteiger partial charge in [-0.15, -0.1) is 11.6 Å². The van der Waals surface area contributed by atoms with E-state index in [0.717, 1.165) is 11.1 Å². The molecule has 0 bridgehead atoms. The number of rotatable bonds is 2. The molecule has 76 valence electrons. The molecule has 1 aromatic carbocycles. The van der Waals surface area contributed by atoms with Gasteiger partial charge in [-0.2, -0.15) is 0 Å². The third kappa shape index (κ3) is 2.16. The maximum atomic E-state index is 13.2. The van der Waals surface area contributed by atoms with E-state index in [1.54, 1.807) is 24.5 Å². The van der Waals surface area contributed by atoms with Crippen molar-refractivity contribution in [1.29, 1.82) is 0 Å². The van der Waals surface area contributed by atoms with Crippen LogP contribution in [0.4, 0.5) is 4.39 Å². The molecule has 0 unspecified atom stereocenters. The van der Waals surface area contributed by atoms with E-state index in [-0.39, 0.29) is 11.7 Å². The first-order valence-corrected chi connectivity index (χ1v) is 5.09. The molecule has 15 heavy (non-hydrogen) atoms. The third-order valence-electron chi connectivity index (χ3n) is 2.18. The highest BCUT2D eigenvalue weighted by molar-refractivity contribution is 6.17. The Hall–Kier alpha value is -1.41. The normalized spacial score (nSPS) is 10.3. The zero-order chi connectivity index (χ0) is 10.7. The van der Waals surface area contributed by atoms with Crippen LogP contribution in [0, 0.1) is 5.82 Å². The smallest absolute Gasteiger partial charge is 0.127 e. The second-order valence-corrected chi connectivity index (χ2v) is 3.45. The molecule has 1 aromatic heterocycles. The molecule has 0 aliphatic carbocycles. The number of benzene rings is 1. The van der Waals surface area contributed by atoms with Gasteiger partial charge in [-0.25, -0.2) is 4.39 Å². The lowest BCUT2D eigenvalue weighted by molar-refractivity contribution is 0.617. The van der Waals surface area contributed by atoms with Crippen molar-refractivity contribution in [1.82, 2.24) is 4.98 Å². The van der Waals surface area contributed by atoms with Crippen LogP contribution in [-0.4, -0.2) is 4.98 Å². The molecule has 0 atom stereocenters. The van der Waals surface area contributed by atoms with Crippen molar-refractivity contribution in [2.24, 2.45) is 0 Å². The zero-order valence-electron chi connectivity index (χ0n) is 7.95. The number of hydrogen-bond donors (Lipinski definition) is 0. The predicted octanol–water partition coefficient (Wildman–Crippen LogP) is 3.63. The third-order valence-corrected chi connectivity index (χ3v) is 2.47. The zero-order valence-corrected chi connectivity index (χ0v) is 8.71. The summed E-state index contributed by atoms with van der Waals surface area (Å²) in [4.78, 5) is 4.01. The summed E-state index contributed by atoms with van der Waals surface area (Å²) in [6.45, 7) is 0. The standard InChI is InChI=1S/C12H9ClFN/c13-7-11-6-9(3-4-12(11)14)10-2-1-5-15-8-10/h1-6,8H,7H2. The Morgan fingerprint density at radius 2 is 2.07 bits per heavy atom. The van der Waals surface area contributed by atoms with Crippen LogP contribution in [0.2, 0.25) is 0 Å². The van der Waals surface area contributed by atoms with Gasteiger partial charge in [0.1, 0.15) is 5.82 Å². The Kier molecular flexibility index (Phi) is 2.97. The van der Waals surface area contributed by atoms with Crippen LogP contribution >= 0.6 is 11.6 Å². The fourth-order valence-corrected chi connectivity index (χ4v) is 1.60. The first kappa shape index (κ1) is 10.1. The van der Waals surface area contributed by atoms with Gasteiger partial charge in [0.15, 0.2) is 0 Å². The Morgan fingerprint density at radius 1 is 1.20 bits per heavy atom. The summed E-state index contributed by atoms with van der Waals surface area (Å²) in [6, 6.07) is 8.68. The van der Waals surface area contributed by atoms with Gasteiger partial charge in [-0.3, -0.25) is 4.98 Å². The molecule has 0 aliphatic rings. The number of nitrogens with zero attached hydrogens (tertiary/aromatic N) is 1. The van der Waals surface area contributed by atoms with Crippen LogP contribution in [-0.2, 0) is 5.88 Å². The molecule has 0 amide bonds.